The third-order valence-corrected chi connectivity index (χ3v) is 5.87. The molecule has 0 saturated carbocycles. The summed E-state index contributed by atoms with van der Waals surface area (Å²) in [5, 5.41) is 12.0. The summed E-state index contributed by atoms with van der Waals surface area (Å²) in [6.07, 6.45) is 1.51. The monoisotopic (exact) mass is 472 g/mol. The van der Waals surface area contributed by atoms with Gasteiger partial charge in [-0.3, -0.25) is 0 Å². The van der Waals surface area contributed by atoms with Crippen molar-refractivity contribution in [2.24, 2.45) is 0 Å². The second kappa shape index (κ2) is 9.42. The van der Waals surface area contributed by atoms with Crippen LogP contribution in [0.25, 0.3) is 22.2 Å². The minimum Gasteiger partial charge on any atom is -0.493 e. The summed E-state index contributed by atoms with van der Waals surface area (Å²) in [4.78, 5) is 16.3. The fourth-order valence-electron chi connectivity index (χ4n) is 3.91. The Morgan fingerprint density at radius 1 is 1.03 bits per heavy atom. The Bertz CT molecular complexity index is 1550. The van der Waals surface area contributed by atoms with E-state index in [-0.39, 0.29) is 19.0 Å². The number of nitrogens with zero attached hydrogens (tertiary/aromatic N) is 2. The standard InChI is InChI=1S/C27H24N2O6/c1-17-22(28-26(35-17)21-9-8-19-5-3-4-6-20(19)14-21)15-33-24-13-18(7-10-23(24)32-2)11-12-29-25(30)16-34-27(29)31/h3-10,13-14,16,30H,11-12,15H2,1-2H3. The van der Waals surface area contributed by atoms with Crippen LogP contribution in [-0.2, 0) is 19.6 Å². The SMILES string of the molecule is COc1ccc(CCn2c(O)coc2=O)cc1OCc1nc(-c2ccc3ccccc3c2)oc1C. The van der Waals surface area contributed by atoms with Gasteiger partial charge in [-0.15, -0.1) is 0 Å². The van der Waals surface area contributed by atoms with Gasteiger partial charge in [0, 0.05) is 12.1 Å². The lowest BCUT2D eigenvalue weighted by atomic mass is 10.1. The average molecular weight is 472 g/mol. The Labute approximate surface area is 201 Å². The molecule has 0 aliphatic rings. The molecule has 0 unspecified atom stereocenters. The summed E-state index contributed by atoms with van der Waals surface area (Å²) in [6.45, 7) is 2.33. The fourth-order valence-corrected chi connectivity index (χ4v) is 3.91. The van der Waals surface area contributed by atoms with E-state index < -0.39 is 5.76 Å². The van der Waals surface area contributed by atoms with Gasteiger partial charge in [-0.05, 0) is 53.9 Å². The molecule has 5 aromatic rings. The van der Waals surface area contributed by atoms with Crippen molar-refractivity contribution in [2.45, 2.75) is 26.5 Å². The topological polar surface area (TPSA) is 99.9 Å². The first kappa shape index (κ1) is 22.3. The molecule has 0 aliphatic carbocycles. The zero-order valence-corrected chi connectivity index (χ0v) is 19.4. The van der Waals surface area contributed by atoms with Gasteiger partial charge in [0.2, 0.25) is 11.8 Å². The van der Waals surface area contributed by atoms with E-state index in [0.29, 0.717) is 35.3 Å². The van der Waals surface area contributed by atoms with E-state index in [4.69, 9.17) is 18.3 Å². The Balaban J connectivity index is 1.32. The number of oxazole rings is 2. The van der Waals surface area contributed by atoms with E-state index in [1.54, 1.807) is 13.2 Å². The minimum atomic E-state index is -0.601. The molecule has 0 aliphatic heterocycles. The van der Waals surface area contributed by atoms with E-state index in [9.17, 15) is 9.90 Å². The van der Waals surface area contributed by atoms with Crippen molar-refractivity contribution in [2.75, 3.05) is 7.11 Å². The Hall–Kier alpha value is -4.46. The van der Waals surface area contributed by atoms with Crippen LogP contribution in [0.1, 0.15) is 17.0 Å². The zero-order chi connectivity index (χ0) is 24.4. The molecule has 178 valence electrons. The van der Waals surface area contributed by atoms with E-state index >= 15 is 0 Å². The van der Waals surface area contributed by atoms with Crippen molar-refractivity contribution < 1.29 is 23.4 Å². The van der Waals surface area contributed by atoms with Gasteiger partial charge in [-0.2, -0.15) is 0 Å². The lowest BCUT2D eigenvalue weighted by Crippen LogP contribution is -2.15. The highest BCUT2D eigenvalue weighted by Gasteiger charge is 2.15. The highest BCUT2D eigenvalue weighted by atomic mass is 16.5. The van der Waals surface area contributed by atoms with Gasteiger partial charge >= 0.3 is 5.76 Å². The second-order valence-electron chi connectivity index (χ2n) is 8.12. The van der Waals surface area contributed by atoms with Crippen molar-refractivity contribution in [3.05, 3.63) is 94.5 Å². The molecule has 3 aromatic carbocycles. The quantitative estimate of drug-likeness (QED) is 0.336. The van der Waals surface area contributed by atoms with Crippen LogP contribution >= 0.6 is 0 Å². The summed E-state index contributed by atoms with van der Waals surface area (Å²) in [5.74, 6) is 1.53. The van der Waals surface area contributed by atoms with Crippen LogP contribution in [-0.4, -0.2) is 21.8 Å². The predicted octanol–water partition coefficient (Wildman–Crippen LogP) is 5.09. The molecule has 8 heteroatoms. The molecule has 0 radical (unpaired) electrons. The number of aromatic nitrogens is 2. The van der Waals surface area contributed by atoms with E-state index in [1.165, 1.54) is 0 Å². The van der Waals surface area contributed by atoms with Crippen molar-refractivity contribution in [1.82, 2.24) is 9.55 Å². The number of hydrogen-bond donors (Lipinski definition) is 1. The van der Waals surface area contributed by atoms with Crippen LogP contribution in [0.2, 0.25) is 0 Å². The summed E-state index contributed by atoms with van der Waals surface area (Å²) in [7, 11) is 1.57. The van der Waals surface area contributed by atoms with Crippen molar-refractivity contribution in [1.29, 1.82) is 0 Å². The third kappa shape index (κ3) is 4.63. The first-order valence-corrected chi connectivity index (χ1v) is 11.1. The van der Waals surface area contributed by atoms with Gasteiger partial charge in [0.15, 0.2) is 17.8 Å². The first-order chi connectivity index (χ1) is 17.0. The van der Waals surface area contributed by atoms with Crippen LogP contribution in [0.4, 0.5) is 0 Å². The van der Waals surface area contributed by atoms with E-state index in [2.05, 4.69) is 23.2 Å². The van der Waals surface area contributed by atoms with Gasteiger partial charge in [-0.25, -0.2) is 14.3 Å². The van der Waals surface area contributed by atoms with Crippen LogP contribution < -0.4 is 15.2 Å². The predicted molar refractivity (Wildman–Crippen MR) is 130 cm³/mol. The number of methoxy groups -OCH3 is 1. The lowest BCUT2D eigenvalue weighted by molar-refractivity contribution is 0.279. The molecule has 2 aromatic heterocycles. The number of rotatable bonds is 8. The summed E-state index contributed by atoms with van der Waals surface area (Å²) in [6, 6.07) is 19.8. The molecule has 35 heavy (non-hydrogen) atoms. The highest BCUT2D eigenvalue weighted by Crippen LogP contribution is 2.31. The molecule has 8 nitrogen and oxygen atoms in total. The van der Waals surface area contributed by atoms with Gasteiger partial charge in [0.05, 0.1) is 7.11 Å². The van der Waals surface area contributed by atoms with Crippen molar-refractivity contribution >= 4 is 10.8 Å². The van der Waals surface area contributed by atoms with Crippen LogP contribution in [0.5, 0.6) is 17.4 Å². The van der Waals surface area contributed by atoms with Crippen LogP contribution in [0, 0.1) is 6.92 Å². The Morgan fingerprint density at radius 2 is 1.86 bits per heavy atom. The molecule has 0 saturated heterocycles. The minimum absolute atomic E-state index is 0.199. The van der Waals surface area contributed by atoms with Gasteiger partial charge < -0.3 is 23.4 Å². The molecule has 0 atom stereocenters. The maximum atomic E-state index is 11.7. The maximum absolute atomic E-state index is 11.7. The molecular formula is C27H24N2O6. The largest absolute Gasteiger partial charge is 0.493 e. The van der Waals surface area contributed by atoms with Gasteiger partial charge in [0.1, 0.15) is 18.1 Å². The molecule has 0 spiro atoms. The fraction of sp³-hybridized carbons (Fsp3) is 0.185. The summed E-state index contributed by atoms with van der Waals surface area (Å²) >= 11 is 0. The molecule has 0 amide bonds. The number of aryl methyl sites for hydroxylation is 2. The van der Waals surface area contributed by atoms with E-state index in [1.807, 2.05) is 43.3 Å². The number of ether oxygens (including phenoxy) is 2. The number of hydrogen-bond acceptors (Lipinski definition) is 7. The molecule has 0 bridgehead atoms. The van der Waals surface area contributed by atoms with Crippen LogP contribution in [0.15, 0.2) is 80.6 Å². The molecule has 2 heterocycles. The Kier molecular flexibility index (Phi) is 6.01. The lowest BCUT2D eigenvalue weighted by Gasteiger charge is -2.12. The summed E-state index contributed by atoms with van der Waals surface area (Å²) in [5.41, 5.74) is 2.49. The smallest absolute Gasteiger partial charge is 0.421 e. The van der Waals surface area contributed by atoms with Crippen LogP contribution in [0.3, 0.4) is 0 Å². The molecular weight excluding hydrogens is 448 g/mol. The molecule has 0 fully saturated rings. The normalized spacial score (nSPS) is 11.1. The Morgan fingerprint density at radius 3 is 2.63 bits per heavy atom. The number of aromatic hydroxyl groups is 1. The van der Waals surface area contributed by atoms with E-state index in [0.717, 1.165) is 32.7 Å². The maximum Gasteiger partial charge on any atom is 0.421 e. The third-order valence-electron chi connectivity index (χ3n) is 5.87. The molecule has 1 N–H and O–H groups in total. The molecule has 5 rings (SSSR count). The van der Waals surface area contributed by atoms with Gasteiger partial charge in [-0.1, -0.05) is 36.4 Å². The highest BCUT2D eigenvalue weighted by molar-refractivity contribution is 5.86. The second-order valence-corrected chi connectivity index (χ2v) is 8.12. The van der Waals surface area contributed by atoms with Crippen molar-refractivity contribution in [3.8, 4) is 28.8 Å². The first-order valence-electron chi connectivity index (χ1n) is 11.1. The van der Waals surface area contributed by atoms with Crippen molar-refractivity contribution in [3.63, 3.8) is 0 Å². The summed E-state index contributed by atoms with van der Waals surface area (Å²) < 4.78 is 23.3. The zero-order valence-electron chi connectivity index (χ0n) is 19.4. The average Bonchev–Trinajstić information content (AvgIpc) is 3.41. The number of fused-ring (bicyclic) bond motifs is 1. The number of benzene rings is 3. The van der Waals surface area contributed by atoms with Gasteiger partial charge in [0.25, 0.3) is 0 Å².